The van der Waals surface area contributed by atoms with E-state index in [-0.39, 0.29) is 0 Å². The van der Waals surface area contributed by atoms with E-state index < -0.39 is 0 Å². The van der Waals surface area contributed by atoms with Crippen molar-refractivity contribution in [2.45, 2.75) is 65.8 Å². The van der Waals surface area contributed by atoms with E-state index in [0.29, 0.717) is 6.04 Å². The molecule has 0 radical (unpaired) electrons. The van der Waals surface area contributed by atoms with Crippen LogP contribution in [0.2, 0.25) is 0 Å². The smallest absolute Gasteiger partial charge is 0.00130 e. The zero-order valence-electron chi connectivity index (χ0n) is 9.84. The Kier molecular flexibility index (Phi) is 7.35. The molecule has 2 N–H and O–H groups in total. The van der Waals surface area contributed by atoms with Gasteiger partial charge in [0.2, 0.25) is 0 Å². The SMILES string of the molecule is CCCC(C)CCC(C)CC(C)N. The van der Waals surface area contributed by atoms with E-state index >= 15 is 0 Å². The molecule has 0 aliphatic heterocycles. The van der Waals surface area contributed by atoms with Gasteiger partial charge in [-0.1, -0.05) is 46.5 Å². The predicted molar refractivity (Wildman–Crippen MR) is 60.7 cm³/mol. The summed E-state index contributed by atoms with van der Waals surface area (Å²) < 4.78 is 0. The van der Waals surface area contributed by atoms with Gasteiger partial charge in [-0.15, -0.1) is 0 Å². The van der Waals surface area contributed by atoms with E-state index in [4.69, 9.17) is 5.73 Å². The van der Waals surface area contributed by atoms with Crippen molar-refractivity contribution in [3.05, 3.63) is 0 Å². The van der Waals surface area contributed by atoms with Crippen molar-refractivity contribution in [1.82, 2.24) is 0 Å². The highest BCUT2D eigenvalue weighted by Crippen LogP contribution is 2.18. The Labute approximate surface area is 84.1 Å². The Bertz CT molecular complexity index is 110. The molecule has 0 aromatic carbocycles. The third-order valence-corrected chi connectivity index (χ3v) is 2.71. The molecule has 1 nitrogen and oxygen atoms in total. The Balaban J connectivity index is 3.40. The van der Waals surface area contributed by atoms with Crippen LogP contribution in [-0.2, 0) is 0 Å². The van der Waals surface area contributed by atoms with Crippen LogP contribution in [0.1, 0.15) is 59.8 Å². The summed E-state index contributed by atoms with van der Waals surface area (Å²) in [7, 11) is 0. The van der Waals surface area contributed by atoms with Crippen LogP contribution in [0.5, 0.6) is 0 Å². The minimum Gasteiger partial charge on any atom is -0.328 e. The van der Waals surface area contributed by atoms with Gasteiger partial charge in [-0.05, 0) is 25.2 Å². The van der Waals surface area contributed by atoms with Crippen LogP contribution in [0.25, 0.3) is 0 Å². The van der Waals surface area contributed by atoms with Gasteiger partial charge in [0.25, 0.3) is 0 Å². The van der Waals surface area contributed by atoms with Gasteiger partial charge in [-0.25, -0.2) is 0 Å². The van der Waals surface area contributed by atoms with E-state index in [2.05, 4.69) is 27.7 Å². The fraction of sp³-hybridized carbons (Fsp3) is 1.00. The molecule has 3 atom stereocenters. The molecule has 0 aromatic heterocycles. The van der Waals surface area contributed by atoms with E-state index in [9.17, 15) is 0 Å². The van der Waals surface area contributed by atoms with Crippen LogP contribution < -0.4 is 5.73 Å². The minimum atomic E-state index is 0.372. The molecule has 80 valence electrons. The maximum absolute atomic E-state index is 5.76. The van der Waals surface area contributed by atoms with Gasteiger partial charge in [0.1, 0.15) is 0 Å². The normalized spacial score (nSPS) is 18.2. The molecule has 0 aliphatic rings. The summed E-state index contributed by atoms with van der Waals surface area (Å²) in [5.41, 5.74) is 5.76. The molecule has 0 spiro atoms. The van der Waals surface area contributed by atoms with Crippen LogP contribution in [0.4, 0.5) is 0 Å². The molecule has 0 saturated heterocycles. The Hall–Kier alpha value is -0.0400. The number of nitrogens with two attached hydrogens (primary N) is 1. The van der Waals surface area contributed by atoms with Crippen molar-refractivity contribution in [1.29, 1.82) is 0 Å². The maximum Gasteiger partial charge on any atom is 0.00130 e. The van der Waals surface area contributed by atoms with Gasteiger partial charge >= 0.3 is 0 Å². The van der Waals surface area contributed by atoms with Crippen molar-refractivity contribution in [3.63, 3.8) is 0 Å². The van der Waals surface area contributed by atoms with Crippen LogP contribution >= 0.6 is 0 Å². The fourth-order valence-electron chi connectivity index (χ4n) is 1.96. The average Bonchev–Trinajstić information content (AvgIpc) is 2.00. The van der Waals surface area contributed by atoms with Crippen LogP contribution in [0.15, 0.2) is 0 Å². The molecule has 13 heavy (non-hydrogen) atoms. The van der Waals surface area contributed by atoms with Gasteiger partial charge < -0.3 is 5.73 Å². The molecule has 0 heterocycles. The molecular weight excluding hydrogens is 158 g/mol. The quantitative estimate of drug-likeness (QED) is 0.644. The van der Waals surface area contributed by atoms with Gasteiger partial charge in [-0.2, -0.15) is 0 Å². The lowest BCUT2D eigenvalue weighted by Gasteiger charge is -2.16. The predicted octanol–water partition coefficient (Wildman–Crippen LogP) is 3.58. The molecule has 0 rings (SSSR count). The largest absolute Gasteiger partial charge is 0.328 e. The van der Waals surface area contributed by atoms with Crippen LogP contribution in [0, 0.1) is 11.8 Å². The highest BCUT2D eigenvalue weighted by molar-refractivity contribution is 4.62. The van der Waals surface area contributed by atoms with Crippen molar-refractivity contribution in [2.24, 2.45) is 17.6 Å². The first kappa shape index (κ1) is 13.0. The summed E-state index contributed by atoms with van der Waals surface area (Å²) >= 11 is 0. The number of hydrogen-bond acceptors (Lipinski definition) is 1. The summed E-state index contributed by atoms with van der Waals surface area (Å²) in [6.45, 7) is 9.05. The van der Waals surface area contributed by atoms with Crippen molar-refractivity contribution in [2.75, 3.05) is 0 Å². The second-order valence-corrected chi connectivity index (χ2v) is 4.79. The standard InChI is InChI=1S/C12H27N/c1-5-6-10(2)7-8-11(3)9-12(4)13/h10-12H,5-9,13H2,1-4H3. The monoisotopic (exact) mass is 185 g/mol. The van der Waals surface area contributed by atoms with Crippen LogP contribution in [0.3, 0.4) is 0 Å². The summed E-state index contributed by atoms with van der Waals surface area (Å²) in [5, 5.41) is 0. The summed E-state index contributed by atoms with van der Waals surface area (Å²) in [6, 6.07) is 0.372. The number of hydrogen-bond donors (Lipinski definition) is 1. The summed E-state index contributed by atoms with van der Waals surface area (Å²) in [4.78, 5) is 0. The van der Waals surface area contributed by atoms with Crippen molar-refractivity contribution < 1.29 is 0 Å². The first-order valence-electron chi connectivity index (χ1n) is 5.81. The van der Waals surface area contributed by atoms with Gasteiger partial charge in [0.05, 0.1) is 0 Å². The van der Waals surface area contributed by atoms with Crippen molar-refractivity contribution in [3.8, 4) is 0 Å². The van der Waals surface area contributed by atoms with Crippen molar-refractivity contribution >= 4 is 0 Å². The molecule has 0 bridgehead atoms. The van der Waals surface area contributed by atoms with E-state index in [1.165, 1.54) is 32.1 Å². The second kappa shape index (κ2) is 7.37. The molecule has 0 aromatic rings. The molecule has 3 unspecified atom stereocenters. The lowest BCUT2D eigenvalue weighted by atomic mass is 9.92. The molecular formula is C12H27N. The van der Waals surface area contributed by atoms with Gasteiger partial charge in [0.15, 0.2) is 0 Å². The second-order valence-electron chi connectivity index (χ2n) is 4.79. The fourth-order valence-corrected chi connectivity index (χ4v) is 1.96. The Morgan fingerprint density at radius 2 is 1.46 bits per heavy atom. The molecule has 1 heteroatoms. The molecule has 0 amide bonds. The Morgan fingerprint density at radius 3 is 1.92 bits per heavy atom. The Morgan fingerprint density at radius 1 is 0.923 bits per heavy atom. The lowest BCUT2D eigenvalue weighted by molar-refractivity contribution is 0.381. The topological polar surface area (TPSA) is 26.0 Å². The molecule has 0 aliphatic carbocycles. The summed E-state index contributed by atoms with van der Waals surface area (Å²) in [5.74, 6) is 1.71. The third kappa shape index (κ3) is 8.29. The van der Waals surface area contributed by atoms with Gasteiger partial charge in [0, 0.05) is 6.04 Å². The third-order valence-electron chi connectivity index (χ3n) is 2.71. The molecule has 0 fully saturated rings. The highest BCUT2D eigenvalue weighted by Gasteiger charge is 2.07. The first-order chi connectivity index (χ1) is 6.06. The maximum atomic E-state index is 5.76. The van der Waals surface area contributed by atoms with Gasteiger partial charge in [-0.3, -0.25) is 0 Å². The minimum absolute atomic E-state index is 0.372. The average molecular weight is 185 g/mol. The first-order valence-corrected chi connectivity index (χ1v) is 5.81. The van der Waals surface area contributed by atoms with Crippen LogP contribution in [-0.4, -0.2) is 6.04 Å². The zero-order chi connectivity index (χ0) is 10.3. The zero-order valence-corrected chi connectivity index (χ0v) is 9.84. The van der Waals surface area contributed by atoms with E-state index in [1.54, 1.807) is 0 Å². The highest BCUT2D eigenvalue weighted by atomic mass is 14.6. The summed E-state index contributed by atoms with van der Waals surface area (Å²) in [6.07, 6.45) is 6.61. The number of rotatable bonds is 7. The lowest BCUT2D eigenvalue weighted by Crippen LogP contribution is -2.18. The molecule has 0 saturated carbocycles. The van der Waals surface area contributed by atoms with E-state index in [0.717, 1.165) is 11.8 Å². The van der Waals surface area contributed by atoms with E-state index in [1.807, 2.05) is 0 Å².